The number of allylic oxidation sites excluding steroid dienone is 1. The molecule has 0 saturated carbocycles. The quantitative estimate of drug-likeness (QED) is 0.448. The van der Waals surface area contributed by atoms with Crippen LogP contribution in [0.2, 0.25) is 6.04 Å². The molecular formula is C7H14O2Si. The van der Waals surface area contributed by atoms with Crippen LogP contribution in [0.4, 0.5) is 0 Å². The average molecular weight is 158 g/mol. The Balaban J connectivity index is 2.13. The van der Waals surface area contributed by atoms with Gasteiger partial charge in [-0.2, -0.15) is 0 Å². The molecule has 1 aliphatic rings. The van der Waals surface area contributed by atoms with Crippen LogP contribution in [0, 0.1) is 0 Å². The zero-order chi connectivity index (χ0) is 7.23. The highest BCUT2D eigenvalue weighted by Gasteiger charge is 2.16. The first kappa shape index (κ1) is 7.82. The van der Waals surface area contributed by atoms with Crippen molar-refractivity contribution < 1.29 is 8.85 Å². The topological polar surface area (TPSA) is 18.5 Å². The van der Waals surface area contributed by atoms with E-state index in [0.717, 1.165) is 6.61 Å². The summed E-state index contributed by atoms with van der Waals surface area (Å²) in [6.45, 7) is 2.87. The van der Waals surface area contributed by atoms with Crippen molar-refractivity contribution in [1.82, 2.24) is 0 Å². The standard InChI is InChI=1S/C7H14O2Si/c1-2-5-8-10-7-4-3-6-9-10/h2,5,10H,3-4,6-7H2,1H3/b5-2-. The van der Waals surface area contributed by atoms with Crippen LogP contribution in [0.5, 0.6) is 0 Å². The lowest BCUT2D eigenvalue weighted by molar-refractivity contribution is 0.221. The molecule has 0 N–H and O–H groups in total. The summed E-state index contributed by atoms with van der Waals surface area (Å²) in [7, 11) is -1.23. The fourth-order valence-electron chi connectivity index (χ4n) is 0.985. The van der Waals surface area contributed by atoms with Crippen LogP contribution in [0.3, 0.4) is 0 Å². The molecule has 10 heavy (non-hydrogen) atoms. The molecule has 0 bridgehead atoms. The Labute approximate surface area is 63.7 Å². The Morgan fingerprint density at radius 2 is 2.40 bits per heavy atom. The van der Waals surface area contributed by atoms with Gasteiger partial charge in [-0.15, -0.1) is 0 Å². The molecule has 58 valence electrons. The second kappa shape index (κ2) is 4.52. The molecule has 0 spiro atoms. The van der Waals surface area contributed by atoms with Crippen LogP contribution in [0.15, 0.2) is 12.3 Å². The van der Waals surface area contributed by atoms with Gasteiger partial charge in [0.2, 0.25) is 0 Å². The Morgan fingerprint density at radius 3 is 3.00 bits per heavy atom. The maximum Gasteiger partial charge on any atom is 0.381 e. The van der Waals surface area contributed by atoms with Crippen molar-refractivity contribution in [2.45, 2.75) is 25.8 Å². The van der Waals surface area contributed by atoms with Gasteiger partial charge in [-0.05, 0) is 25.8 Å². The lowest BCUT2D eigenvalue weighted by Crippen LogP contribution is -2.24. The van der Waals surface area contributed by atoms with E-state index in [4.69, 9.17) is 8.85 Å². The molecule has 0 amide bonds. The van der Waals surface area contributed by atoms with E-state index in [1.165, 1.54) is 18.9 Å². The van der Waals surface area contributed by atoms with Crippen LogP contribution in [-0.2, 0) is 8.85 Å². The number of hydrogen-bond donors (Lipinski definition) is 0. The minimum absolute atomic E-state index is 0.911. The monoisotopic (exact) mass is 158 g/mol. The van der Waals surface area contributed by atoms with Crippen LogP contribution in [-0.4, -0.2) is 15.9 Å². The molecule has 1 rings (SSSR count). The third-order valence-corrected chi connectivity index (χ3v) is 3.45. The van der Waals surface area contributed by atoms with E-state index in [-0.39, 0.29) is 0 Å². The minimum atomic E-state index is -1.23. The highest BCUT2D eigenvalue weighted by atomic mass is 28.3. The molecule has 0 aromatic rings. The summed E-state index contributed by atoms with van der Waals surface area (Å²) in [5, 5.41) is 0. The third-order valence-electron chi connectivity index (χ3n) is 1.50. The van der Waals surface area contributed by atoms with Crippen molar-refractivity contribution in [1.29, 1.82) is 0 Å². The van der Waals surface area contributed by atoms with E-state index >= 15 is 0 Å². The molecule has 1 unspecified atom stereocenters. The average Bonchev–Trinajstić information content (AvgIpc) is 2.03. The Kier molecular flexibility index (Phi) is 3.53. The highest BCUT2D eigenvalue weighted by Crippen LogP contribution is 2.11. The SMILES string of the molecule is C/C=C\O[SiH]1CCCCO1. The van der Waals surface area contributed by atoms with Gasteiger partial charge >= 0.3 is 9.28 Å². The lowest BCUT2D eigenvalue weighted by atomic mass is 10.4. The lowest BCUT2D eigenvalue weighted by Gasteiger charge is -2.19. The van der Waals surface area contributed by atoms with Gasteiger partial charge in [0, 0.05) is 6.61 Å². The van der Waals surface area contributed by atoms with E-state index in [2.05, 4.69) is 0 Å². The Morgan fingerprint density at radius 1 is 1.50 bits per heavy atom. The van der Waals surface area contributed by atoms with Crippen LogP contribution in [0.1, 0.15) is 19.8 Å². The van der Waals surface area contributed by atoms with Crippen molar-refractivity contribution in [3.8, 4) is 0 Å². The normalized spacial score (nSPS) is 27.1. The molecule has 1 saturated heterocycles. The molecule has 3 heteroatoms. The molecule has 1 atom stereocenters. The number of rotatable bonds is 2. The maximum absolute atomic E-state index is 5.45. The van der Waals surface area contributed by atoms with E-state index in [0.29, 0.717) is 0 Å². The van der Waals surface area contributed by atoms with Crippen molar-refractivity contribution in [3.05, 3.63) is 12.3 Å². The Bertz CT molecular complexity index is 108. The second-order valence-corrected chi connectivity index (χ2v) is 4.44. The fraction of sp³-hybridized carbons (Fsp3) is 0.714. The van der Waals surface area contributed by atoms with Gasteiger partial charge in [-0.25, -0.2) is 0 Å². The minimum Gasteiger partial charge on any atom is -0.529 e. The molecule has 0 aliphatic carbocycles. The Hall–Kier alpha value is -0.283. The molecule has 0 aromatic carbocycles. The zero-order valence-electron chi connectivity index (χ0n) is 6.38. The van der Waals surface area contributed by atoms with Gasteiger partial charge in [0.1, 0.15) is 0 Å². The fourth-order valence-corrected chi connectivity index (χ4v) is 2.75. The molecule has 1 fully saturated rings. The van der Waals surface area contributed by atoms with Crippen molar-refractivity contribution in [2.24, 2.45) is 0 Å². The molecular weight excluding hydrogens is 144 g/mol. The van der Waals surface area contributed by atoms with Crippen LogP contribution in [0.25, 0.3) is 0 Å². The first-order valence-corrected chi connectivity index (χ1v) is 5.57. The summed E-state index contributed by atoms with van der Waals surface area (Å²) in [5.74, 6) is 0. The van der Waals surface area contributed by atoms with Gasteiger partial charge in [-0.3, -0.25) is 0 Å². The first-order chi connectivity index (χ1) is 4.93. The molecule has 2 nitrogen and oxygen atoms in total. The van der Waals surface area contributed by atoms with Gasteiger partial charge in [0.05, 0.1) is 6.26 Å². The largest absolute Gasteiger partial charge is 0.529 e. The summed E-state index contributed by atoms with van der Waals surface area (Å²) < 4.78 is 10.8. The maximum atomic E-state index is 5.45. The second-order valence-electron chi connectivity index (χ2n) is 2.40. The summed E-state index contributed by atoms with van der Waals surface area (Å²) in [4.78, 5) is 0. The summed E-state index contributed by atoms with van der Waals surface area (Å²) in [6.07, 6.45) is 6.16. The van der Waals surface area contributed by atoms with Crippen LogP contribution < -0.4 is 0 Å². The van der Waals surface area contributed by atoms with E-state index in [1.807, 2.05) is 13.0 Å². The van der Waals surface area contributed by atoms with E-state index in [9.17, 15) is 0 Å². The van der Waals surface area contributed by atoms with E-state index in [1.54, 1.807) is 6.26 Å². The summed E-state index contributed by atoms with van der Waals surface area (Å²) in [5.41, 5.74) is 0. The van der Waals surface area contributed by atoms with Gasteiger partial charge < -0.3 is 8.85 Å². The number of hydrogen-bond acceptors (Lipinski definition) is 2. The van der Waals surface area contributed by atoms with Gasteiger partial charge in [0.25, 0.3) is 0 Å². The summed E-state index contributed by atoms with van der Waals surface area (Å²) in [6, 6.07) is 1.17. The molecule has 0 radical (unpaired) electrons. The van der Waals surface area contributed by atoms with Crippen molar-refractivity contribution in [3.63, 3.8) is 0 Å². The van der Waals surface area contributed by atoms with Crippen molar-refractivity contribution in [2.75, 3.05) is 6.61 Å². The van der Waals surface area contributed by atoms with Crippen molar-refractivity contribution >= 4 is 9.28 Å². The smallest absolute Gasteiger partial charge is 0.381 e. The van der Waals surface area contributed by atoms with Gasteiger partial charge in [0.15, 0.2) is 0 Å². The van der Waals surface area contributed by atoms with Crippen LogP contribution >= 0.6 is 0 Å². The summed E-state index contributed by atoms with van der Waals surface area (Å²) >= 11 is 0. The molecule has 1 aliphatic heterocycles. The van der Waals surface area contributed by atoms with Gasteiger partial charge in [-0.1, -0.05) is 6.08 Å². The highest BCUT2D eigenvalue weighted by molar-refractivity contribution is 6.44. The predicted octanol–water partition coefficient (Wildman–Crippen LogP) is 1.57. The molecule has 0 aromatic heterocycles. The predicted molar refractivity (Wildman–Crippen MR) is 43.0 cm³/mol. The van der Waals surface area contributed by atoms with E-state index < -0.39 is 9.28 Å². The zero-order valence-corrected chi connectivity index (χ0v) is 7.53. The third kappa shape index (κ3) is 2.54. The first-order valence-electron chi connectivity index (χ1n) is 3.81. The molecule has 1 heterocycles.